The highest BCUT2D eigenvalue weighted by Gasteiger charge is 2.17. The van der Waals surface area contributed by atoms with E-state index < -0.39 is 0 Å². The molecular formula is C60H44N2O2. The number of hydrogen-bond donors (Lipinski definition) is 1. The standard InChI is InChI=1S/C60H44N2O2/c1-40(63)36-51(64)33-30-41-12-2-5-15-52(41)48-37-49(55-18-8-6-16-53(55)42-22-26-46(27-23-42)59-34-31-44-13-3-10-20-57(44)61-59)39-50(38-48)56-19-9-7-17-54(56)43-24-28-47(29-25-43)60-35-32-45-14-4-11-21-58(45)62-60/h2-29,31-32,34-39,63H,30,33H2,1H3. The van der Waals surface area contributed by atoms with Crippen molar-refractivity contribution >= 4 is 27.6 Å². The summed E-state index contributed by atoms with van der Waals surface area (Å²) in [6.07, 6.45) is 2.15. The van der Waals surface area contributed by atoms with E-state index in [9.17, 15) is 9.90 Å². The normalized spacial score (nSPS) is 11.5. The molecule has 10 rings (SSSR count). The quantitative estimate of drug-likeness (QED) is 0.104. The minimum Gasteiger partial charge on any atom is -0.512 e. The number of carbonyl (C=O) groups excluding carboxylic acids is 1. The number of hydrogen-bond acceptors (Lipinski definition) is 4. The van der Waals surface area contributed by atoms with Crippen molar-refractivity contribution in [2.24, 2.45) is 0 Å². The first-order valence-electron chi connectivity index (χ1n) is 21.7. The van der Waals surface area contributed by atoms with Gasteiger partial charge in [0.15, 0.2) is 5.78 Å². The first kappa shape index (κ1) is 39.9. The van der Waals surface area contributed by atoms with E-state index in [4.69, 9.17) is 9.97 Å². The number of aryl methyl sites for hydroxylation is 1. The number of fused-ring (bicyclic) bond motifs is 2. The predicted molar refractivity (Wildman–Crippen MR) is 265 cm³/mol. The summed E-state index contributed by atoms with van der Waals surface area (Å²) in [6.45, 7) is 1.53. The van der Waals surface area contributed by atoms with Gasteiger partial charge in [0.1, 0.15) is 0 Å². The molecule has 0 unspecified atom stereocenters. The Balaban J connectivity index is 1.07. The van der Waals surface area contributed by atoms with Gasteiger partial charge in [0.25, 0.3) is 0 Å². The number of aliphatic hydroxyl groups excluding tert-OH is 1. The fourth-order valence-electron chi connectivity index (χ4n) is 8.74. The molecule has 2 aromatic heterocycles. The van der Waals surface area contributed by atoms with Gasteiger partial charge in [-0.3, -0.25) is 4.79 Å². The van der Waals surface area contributed by atoms with Crippen molar-refractivity contribution in [3.8, 4) is 78.1 Å². The summed E-state index contributed by atoms with van der Waals surface area (Å²) in [6, 6.07) is 74.7. The number of pyridine rings is 2. The van der Waals surface area contributed by atoms with Gasteiger partial charge in [-0.1, -0.05) is 170 Å². The summed E-state index contributed by atoms with van der Waals surface area (Å²) in [7, 11) is 0. The van der Waals surface area contributed by atoms with Crippen LogP contribution in [0.1, 0.15) is 18.9 Å². The van der Waals surface area contributed by atoms with Gasteiger partial charge in [-0.15, -0.1) is 0 Å². The molecule has 0 atom stereocenters. The van der Waals surface area contributed by atoms with Crippen LogP contribution < -0.4 is 0 Å². The van der Waals surface area contributed by atoms with Crippen molar-refractivity contribution in [2.45, 2.75) is 19.8 Å². The van der Waals surface area contributed by atoms with Gasteiger partial charge in [0.05, 0.1) is 28.2 Å². The number of carbonyl (C=O) groups is 1. The van der Waals surface area contributed by atoms with Crippen LogP contribution in [0.5, 0.6) is 0 Å². The van der Waals surface area contributed by atoms with Crippen LogP contribution in [-0.2, 0) is 11.2 Å². The number of aromatic nitrogens is 2. The summed E-state index contributed by atoms with van der Waals surface area (Å²) >= 11 is 0. The summed E-state index contributed by atoms with van der Waals surface area (Å²) in [4.78, 5) is 22.7. The highest BCUT2D eigenvalue weighted by Crippen LogP contribution is 2.41. The summed E-state index contributed by atoms with van der Waals surface area (Å²) in [5.41, 5.74) is 18.0. The van der Waals surface area contributed by atoms with Crippen molar-refractivity contribution in [2.75, 3.05) is 0 Å². The van der Waals surface area contributed by atoms with E-state index in [-0.39, 0.29) is 11.5 Å². The Hall–Kier alpha value is -8.21. The number of allylic oxidation sites excluding steroid dienone is 2. The van der Waals surface area contributed by atoms with Gasteiger partial charge in [-0.25, -0.2) is 9.97 Å². The SMILES string of the molecule is CC(O)=CC(=O)CCc1ccccc1-c1cc(-c2ccccc2-c2ccc(-c3ccc4ccccc4n3)cc2)cc(-c2ccccc2-c2ccc(-c3ccc4ccccc4n3)cc2)c1. The maximum Gasteiger partial charge on any atom is 0.159 e. The molecule has 64 heavy (non-hydrogen) atoms. The van der Waals surface area contributed by atoms with E-state index >= 15 is 0 Å². The third-order valence-electron chi connectivity index (χ3n) is 11.9. The van der Waals surface area contributed by atoms with Crippen LogP contribution in [-0.4, -0.2) is 20.9 Å². The molecule has 0 fully saturated rings. The van der Waals surface area contributed by atoms with E-state index in [1.165, 1.54) is 13.0 Å². The first-order chi connectivity index (χ1) is 31.4. The Morgan fingerprint density at radius 2 is 0.797 bits per heavy atom. The number of para-hydroxylation sites is 2. The molecule has 0 aliphatic carbocycles. The van der Waals surface area contributed by atoms with Gasteiger partial charge in [0.2, 0.25) is 0 Å². The highest BCUT2D eigenvalue weighted by atomic mass is 16.3. The van der Waals surface area contributed by atoms with E-state index in [0.717, 1.165) is 106 Å². The van der Waals surface area contributed by atoms with Crippen LogP contribution in [0.25, 0.3) is 100.0 Å². The second-order valence-electron chi connectivity index (χ2n) is 16.2. The molecule has 2 heterocycles. The van der Waals surface area contributed by atoms with E-state index in [0.29, 0.717) is 12.8 Å². The molecule has 0 aliphatic rings. The van der Waals surface area contributed by atoms with Crippen LogP contribution in [0, 0.1) is 0 Å². The highest BCUT2D eigenvalue weighted by molar-refractivity contribution is 5.93. The number of rotatable bonds is 11. The lowest BCUT2D eigenvalue weighted by molar-refractivity contribution is -0.114. The fourth-order valence-corrected chi connectivity index (χ4v) is 8.74. The molecule has 0 bridgehead atoms. The second kappa shape index (κ2) is 17.6. The molecule has 0 saturated heterocycles. The molecule has 4 heteroatoms. The average molecular weight is 825 g/mol. The van der Waals surface area contributed by atoms with Crippen LogP contribution in [0.3, 0.4) is 0 Å². The summed E-state index contributed by atoms with van der Waals surface area (Å²) < 4.78 is 0. The molecule has 10 aromatic rings. The first-order valence-corrected chi connectivity index (χ1v) is 21.7. The van der Waals surface area contributed by atoms with Gasteiger partial charge in [-0.05, 0) is 117 Å². The zero-order valence-electron chi connectivity index (χ0n) is 35.4. The average Bonchev–Trinajstić information content (AvgIpc) is 3.35. The predicted octanol–water partition coefficient (Wildman–Crippen LogP) is 15.4. The van der Waals surface area contributed by atoms with Crippen molar-refractivity contribution < 1.29 is 9.90 Å². The van der Waals surface area contributed by atoms with E-state index in [1.807, 2.05) is 30.3 Å². The van der Waals surface area contributed by atoms with Crippen molar-refractivity contribution in [1.82, 2.24) is 9.97 Å². The van der Waals surface area contributed by atoms with Crippen molar-refractivity contribution in [3.05, 3.63) is 230 Å². The van der Waals surface area contributed by atoms with Gasteiger partial charge in [-0.2, -0.15) is 0 Å². The Morgan fingerprint density at radius 3 is 1.27 bits per heavy atom. The van der Waals surface area contributed by atoms with Crippen LogP contribution in [0.15, 0.2) is 224 Å². The molecule has 0 spiro atoms. The molecule has 0 saturated carbocycles. The molecular weight excluding hydrogens is 781 g/mol. The van der Waals surface area contributed by atoms with Crippen LogP contribution in [0.2, 0.25) is 0 Å². The lowest BCUT2D eigenvalue weighted by Gasteiger charge is -2.18. The number of aliphatic hydroxyl groups is 1. The van der Waals surface area contributed by atoms with Crippen LogP contribution in [0.4, 0.5) is 0 Å². The molecule has 1 N–H and O–H groups in total. The lowest BCUT2D eigenvalue weighted by atomic mass is 9.86. The Morgan fingerprint density at radius 1 is 0.422 bits per heavy atom. The topological polar surface area (TPSA) is 63.1 Å². The number of nitrogens with zero attached hydrogens (tertiary/aromatic N) is 2. The maximum absolute atomic E-state index is 12.8. The third kappa shape index (κ3) is 8.37. The Labute approximate surface area is 373 Å². The number of benzene rings is 8. The van der Waals surface area contributed by atoms with Gasteiger partial charge < -0.3 is 5.11 Å². The zero-order chi connectivity index (χ0) is 43.4. The molecule has 0 amide bonds. The maximum atomic E-state index is 12.8. The van der Waals surface area contributed by atoms with E-state index in [2.05, 4.69) is 182 Å². The largest absolute Gasteiger partial charge is 0.512 e. The van der Waals surface area contributed by atoms with Gasteiger partial charge >= 0.3 is 0 Å². The molecule has 4 nitrogen and oxygen atoms in total. The van der Waals surface area contributed by atoms with Crippen molar-refractivity contribution in [1.29, 1.82) is 0 Å². The summed E-state index contributed by atoms with van der Waals surface area (Å²) in [5.74, 6) is -0.0788. The number of ketones is 1. The monoisotopic (exact) mass is 824 g/mol. The smallest absolute Gasteiger partial charge is 0.159 e. The molecule has 0 radical (unpaired) electrons. The molecule has 0 aliphatic heterocycles. The van der Waals surface area contributed by atoms with Crippen molar-refractivity contribution in [3.63, 3.8) is 0 Å². The van der Waals surface area contributed by atoms with E-state index in [1.54, 1.807) is 0 Å². The molecule has 306 valence electrons. The Bertz CT molecular complexity index is 3180. The minimum atomic E-state index is -0.100. The zero-order valence-corrected chi connectivity index (χ0v) is 35.4. The van der Waals surface area contributed by atoms with Crippen LogP contribution >= 0.6 is 0 Å². The third-order valence-corrected chi connectivity index (χ3v) is 11.9. The molecule has 8 aromatic carbocycles. The van der Waals surface area contributed by atoms with Gasteiger partial charge in [0, 0.05) is 34.4 Å². The second-order valence-corrected chi connectivity index (χ2v) is 16.2. The fraction of sp³-hybridized carbons (Fsp3) is 0.0500. The lowest BCUT2D eigenvalue weighted by Crippen LogP contribution is -1.99. The Kier molecular flexibility index (Phi) is 11.0. The summed E-state index contributed by atoms with van der Waals surface area (Å²) in [5, 5.41) is 12.0. The minimum absolute atomic E-state index is 0.0212.